The highest BCUT2D eigenvalue weighted by Crippen LogP contribution is 2.20. The lowest BCUT2D eigenvalue weighted by molar-refractivity contribution is -0.151. The third kappa shape index (κ3) is 4.09. The maximum absolute atomic E-state index is 11.4. The number of carbonyl (C=O) groups excluding carboxylic acids is 1. The molecule has 1 N–H and O–H groups in total. The Morgan fingerprint density at radius 3 is 2.36 bits per heavy atom. The monoisotopic (exact) mass is 202 g/mol. The van der Waals surface area contributed by atoms with Gasteiger partial charge in [0, 0.05) is 0 Å². The molecule has 0 aromatic heterocycles. The highest BCUT2D eigenvalue weighted by Gasteiger charge is 2.28. The minimum absolute atomic E-state index is 0.0935. The van der Waals surface area contributed by atoms with E-state index in [0.717, 1.165) is 12.8 Å². The van der Waals surface area contributed by atoms with Gasteiger partial charge in [0.1, 0.15) is 0 Å². The number of unbranched alkanes of at least 4 members (excludes halogenated alkanes) is 1. The van der Waals surface area contributed by atoms with E-state index in [-0.39, 0.29) is 17.8 Å². The van der Waals surface area contributed by atoms with Gasteiger partial charge in [0.05, 0.1) is 19.1 Å². The first-order chi connectivity index (χ1) is 6.54. The molecule has 2 unspecified atom stereocenters. The zero-order valence-corrected chi connectivity index (χ0v) is 9.62. The third-order valence-electron chi connectivity index (χ3n) is 2.47. The lowest BCUT2D eigenvalue weighted by Crippen LogP contribution is -2.33. The van der Waals surface area contributed by atoms with Crippen LogP contribution in [0.25, 0.3) is 0 Å². The zero-order chi connectivity index (χ0) is 11.1. The summed E-state index contributed by atoms with van der Waals surface area (Å²) in [5, 5.41) is 9.81. The van der Waals surface area contributed by atoms with Gasteiger partial charge in [-0.1, -0.05) is 33.6 Å². The molecule has 0 rings (SSSR count). The highest BCUT2D eigenvalue weighted by molar-refractivity contribution is 5.72. The second kappa shape index (κ2) is 6.82. The van der Waals surface area contributed by atoms with Crippen LogP contribution >= 0.6 is 0 Å². The first-order valence-corrected chi connectivity index (χ1v) is 5.30. The summed E-state index contributed by atoms with van der Waals surface area (Å²) < 4.78 is 4.68. The molecule has 14 heavy (non-hydrogen) atoms. The molecule has 0 saturated carbocycles. The molecule has 0 saturated heterocycles. The van der Waals surface area contributed by atoms with E-state index in [1.165, 1.54) is 7.11 Å². The second-order valence-corrected chi connectivity index (χ2v) is 4.01. The molecule has 0 spiro atoms. The van der Waals surface area contributed by atoms with Crippen LogP contribution in [-0.2, 0) is 9.53 Å². The molecule has 0 bridgehead atoms. The zero-order valence-electron chi connectivity index (χ0n) is 9.62. The van der Waals surface area contributed by atoms with Crippen LogP contribution in [-0.4, -0.2) is 24.3 Å². The van der Waals surface area contributed by atoms with Crippen molar-refractivity contribution in [2.24, 2.45) is 11.8 Å². The molecule has 3 heteroatoms. The number of methoxy groups -OCH3 is 1. The van der Waals surface area contributed by atoms with Crippen molar-refractivity contribution >= 4 is 5.97 Å². The van der Waals surface area contributed by atoms with E-state index in [4.69, 9.17) is 0 Å². The van der Waals surface area contributed by atoms with Crippen LogP contribution < -0.4 is 0 Å². The van der Waals surface area contributed by atoms with Crippen molar-refractivity contribution in [3.05, 3.63) is 0 Å². The molecular weight excluding hydrogens is 180 g/mol. The van der Waals surface area contributed by atoms with Crippen LogP contribution in [0, 0.1) is 11.8 Å². The third-order valence-corrected chi connectivity index (χ3v) is 2.47. The van der Waals surface area contributed by atoms with Crippen molar-refractivity contribution in [3.8, 4) is 0 Å². The Hall–Kier alpha value is -0.570. The summed E-state index contributed by atoms with van der Waals surface area (Å²) in [5.41, 5.74) is 0. The van der Waals surface area contributed by atoms with Crippen LogP contribution in [0.1, 0.15) is 40.0 Å². The molecule has 0 aliphatic carbocycles. The van der Waals surface area contributed by atoms with Crippen LogP contribution in [0.3, 0.4) is 0 Å². The van der Waals surface area contributed by atoms with Gasteiger partial charge in [-0.15, -0.1) is 0 Å². The molecule has 3 nitrogen and oxygen atoms in total. The maximum Gasteiger partial charge on any atom is 0.311 e. The molecule has 84 valence electrons. The van der Waals surface area contributed by atoms with E-state index in [0.29, 0.717) is 6.42 Å². The van der Waals surface area contributed by atoms with Crippen molar-refractivity contribution in [3.63, 3.8) is 0 Å². The summed E-state index contributed by atoms with van der Waals surface area (Å²) in [7, 11) is 1.37. The molecule has 0 amide bonds. The Kier molecular flexibility index (Phi) is 6.54. The number of esters is 1. The number of rotatable bonds is 6. The predicted octanol–water partition coefficient (Wildman–Crippen LogP) is 1.98. The van der Waals surface area contributed by atoms with Crippen LogP contribution in [0.4, 0.5) is 0 Å². The Morgan fingerprint density at radius 1 is 1.43 bits per heavy atom. The van der Waals surface area contributed by atoms with Crippen molar-refractivity contribution in [2.75, 3.05) is 7.11 Å². The van der Waals surface area contributed by atoms with Gasteiger partial charge in [-0.2, -0.15) is 0 Å². The van der Waals surface area contributed by atoms with E-state index in [9.17, 15) is 9.90 Å². The maximum atomic E-state index is 11.4. The normalized spacial score (nSPS) is 15.3. The second-order valence-electron chi connectivity index (χ2n) is 4.01. The van der Waals surface area contributed by atoms with Crippen molar-refractivity contribution in [2.45, 2.75) is 46.1 Å². The smallest absolute Gasteiger partial charge is 0.311 e. The van der Waals surface area contributed by atoms with Gasteiger partial charge in [0.25, 0.3) is 0 Å². The first-order valence-electron chi connectivity index (χ1n) is 5.30. The van der Waals surface area contributed by atoms with E-state index in [1.54, 1.807) is 0 Å². The molecular formula is C11H22O3. The molecule has 0 aromatic carbocycles. The van der Waals surface area contributed by atoms with E-state index < -0.39 is 6.10 Å². The Labute approximate surface area is 86.5 Å². The van der Waals surface area contributed by atoms with Crippen LogP contribution in [0.5, 0.6) is 0 Å². The SMILES string of the molecule is CCCCC(C(=O)OC)C(O)C(C)C. The fraction of sp³-hybridized carbons (Fsp3) is 0.909. The molecule has 0 aromatic rings. The summed E-state index contributed by atoms with van der Waals surface area (Å²) in [5.74, 6) is -0.560. The number of aliphatic hydroxyl groups excluding tert-OH is 1. The summed E-state index contributed by atoms with van der Waals surface area (Å²) in [6.07, 6.45) is 2.10. The molecule has 0 aliphatic heterocycles. The first kappa shape index (κ1) is 13.4. The number of aliphatic hydroxyl groups is 1. The van der Waals surface area contributed by atoms with Crippen LogP contribution in [0.15, 0.2) is 0 Å². The van der Waals surface area contributed by atoms with E-state index >= 15 is 0 Å². The van der Waals surface area contributed by atoms with E-state index in [2.05, 4.69) is 11.7 Å². The van der Waals surface area contributed by atoms with Crippen LogP contribution in [0.2, 0.25) is 0 Å². The average Bonchev–Trinajstić information content (AvgIpc) is 2.17. The van der Waals surface area contributed by atoms with Gasteiger partial charge >= 0.3 is 5.97 Å². The number of hydrogen-bond donors (Lipinski definition) is 1. The molecule has 2 atom stereocenters. The summed E-state index contributed by atoms with van der Waals surface area (Å²) in [6.45, 7) is 5.88. The fourth-order valence-corrected chi connectivity index (χ4v) is 1.47. The quantitative estimate of drug-likeness (QED) is 0.670. The minimum Gasteiger partial charge on any atom is -0.469 e. The predicted molar refractivity (Wildman–Crippen MR) is 55.9 cm³/mol. The Morgan fingerprint density at radius 2 is 2.00 bits per heavy atom. The van der Waals surface area contributed by atoms with Crippen molar-refractivity contribution in [1.82, 2.24) is 0 Å². The van der Waals surface area contributed by atoms with Gasteiger partial charge in [-0.3, -0.25) is 4.79 Å². The lowest BCUT2D eigenvalue weighted by Gasteiger charge is -2.23. The lowest BCUT2D eigenvalue weighted by atomic mass is 9.89. The molecule has 0 heterocycles. The number of carbonyl (C=O) groups is 1. The summed E-state index contributed by atoms with van der Waals surface area (Å²) in [6, 6.07) is 0. The van der Waals surface area contributed by atoms with Gasteiger partial charge in [0.2, 0.25) is 0 Å². The number of ether oxygens (including phenoxy) is 1. The summed E-state index contributed by atoms with van der Waals surface area (Å²) >= 11 is 0. The minimum atomic E-state index is -0.589. The van der Waals surface area contributed by atoms with Gasteiger partial charge < -0.3 is 9.84 Å². The van der Waals surface area contributed by atoms with Gasteiger partial charge in [0.15, 0.2) is 0 Å². The average molecular weight is 202 g/mol. The van der Waals surface area contributed by atoms with Gasteiger partial charge in [-0.25, -0.2) is 0 Å². The fourth-order valence-electron chi connectivity index (χ4n) is 1.47. The Balaban J connectivity index is 4.30. The Bertz CT molecular complexity index is 166. The molecule has 0 radical (unpaired) electrons. The highest BCUT2D eigenvalue weighted by atomic mass is 16.5. The summed E-state index contributed by atoms with van der Waals surface area (Å²) in [4.78, 5) is 11.4. The van der Waals surface area contributed by atoms with Crippen molar-refractivity contribution in [1.29, 1.82) is 0 Å². The largest absolute Gasteiger partial charge is 0.469 e. The molecule has 0 fully saturated rings. The topological polar surface area (TPSA) is 46.5 Å². The van der Waals surface area contributed by atoms with Gasteiger partial charge in [-0.05, 0) is 12.3 Å². The standard InChI is InChI=1S/C11H22O3/c1-5-6-7-9(11(13)14-4)10(12)8(2)3/h8-10,12H,5-7H2,1-4H3. The molecule has 0 aliphatic rings. The number of hydrogen-bond acceptors (Lipinski definition) is 3. The van der Waals surface area contributed by atoms with E-state index in [1.807, 2.05) is 13.8 Å². The van der Waals surface area contributed by atoms with Crippen molar-refractivity contribution < 1.29 is 14.6 Å².